The molecule has 0 bridgehead atoms. The molecule has 2 heterocycles. The molecule has 1 saturated carbocycles. The first kappa shape index (κ1) is 32.6. The monoisotopic (exact) mass is 662 g/mol. The van der Waals surface area contributed by atoms with E-state index in [0.29, 0.717) is 23.3 Å². The van der Waals surface area contributed by atoms with Crippen LogP contribution in [0.15, 0.2) is 78.0 Å². The van der Waals surface area contributed by atoms with Gasteiger partial charge < -0.3 is 15.0 Å². The van der Waals surface area contributed by atoms with Gasteiger partial charge in [0.25, 0.3) is 0 Å². The molecule has 4 aromatic rings. The van der Waals surface area contributed by atoms with Crippen molar-refractivity contribution in [1.82, 2.24) is 20.1 Å². The Morgan fingerprint density at radius 2 is 1.83 bits per heavy atom. The van der Waals surface area contributed by atoms with Crippen molar-refractivity contribution in [3.8, 4) is 22.8 Å². The van der Waals surface area contributed by atoms with Gasteiger partial charge in [-0.05, 0) is 91.5 Å². The fraction of sp³-hybridized carbons (Fsp3) is 0.371. The van der Waals surface area contributed by atoms with Gasteiger partial charge >= 0.3 is 12.4 Å². The summed E-state index contributed by atoms with van der Waals surface area (Å²) in [6, 6.07) is 19.8. The van der Waals surface area contributed by atoms with Gasteiger partial charge in [0.15, 0.2) is 11.0 Å². The third kappa shape index (κ3) is 7.98. The summed E-state index contributed by atoms with van der Waals surface area (Å²) in [7, 11) is 0. The van der Waals surface area contributed by atoms with Crippen molar-refractivity contribution in [3.05, 3.63) is 89.7 Å². The average molecular weight is 663 g/mol. The van der Waals surface area contributed by atoms with Gasteiger partial charge in [0.05, 0.1) is 5.69 Å². The van der Waals surface area contributed by atoms with Crippen LogP contribution < -0.4 is 15.0 Å². The molecule has 47 heavy (non-hydrogen) atoms. The van der Waals surface area contributed by atoms with Crippen LogP contribution in [0.1, 0.15) is 68.1 Å². The van der Waals surface area contributed by atoms with Crippen molar-refractivity contribution in [2.75, 3.05) is 17.2 Å². The van der Waals surface area contributed by atoms with E-state index in [0.717, 1.165) is 54.4 Å². The number of aromatic nitrogens is 3. The Balaban J connectivity index is 1.06. The minimum Gasteiger partial charge on any atom is -0.406 e. The van der Waals surface area contributed by atoms with Crippen LogP contribution in [-0.4, -0.2) is 50.7 Å². The predicted octanol–water partition coefficient (Wildman–Crippen LogP) is 8.61. The smallest absolute Gasteiger partial charge is 0.406 e. The number of hydrogen-bond acceptors (Lipinski definition) is 5. The van der Waals surface area contributed by atoms with Crippen molar-refractivity contribution in [1.29, 1.82) is 0 Å². The van der Waals surface area contributed by atoms with Gasteiger partial charge in [-0.3, -0.25) is 0 Å². The Labute approximate surface area is 276 Å². The van der Waals surface area contributed by atoms with E-state index in [2.05, 4.69) is 81.1 Å². The van der Waals surface area contributed by atoms with Crippen LogP contribution in [0.5, 0.6) is 5.75 Å². The number of hydrogen-bond donors (Lipinski definition) is 1. The highest BCUT2D eigenvalue weighted by Gasteiger charge is 2.31. The zero-order valence-electron chi connectivity index (χ0n) is 26.5. The number of anilines is 1. The number of carbonyl (C=O) groups excluding carboxylic acids is 1. The highest BCUT2D eigenvalue weighted by atomic mass is 32.2. The van der Waals surface area contributed by atoms with E-state index >= 15 is 0 Å². The lowest BCUT2D eigenvalue weighted by Crippen LogP contribution is -2.38. The SMILES string of the molecule is Cc1ccc(C(C)C)c(N2CCCS/C2=N\C(=O)NC2CCC(c3ccc(-c4ncn(-c5ccc(OC(F)(F)F)cc5)n4)cc3)C2)c1. The maximum atomic E-state index is 13.1. The van der Waals surface area contributed by atoms with E-state index in [1.54, 1.807) is 11.8 Å². The van der Waals surface area contributed by atoms with Crippen LogP contribution in [0.4, 0.5) is 23.7 Å². The van der Waals surface area contributed by atoms with E-state index in [1.165, 1.54) is 52.0 Å². The molecule has 1 aromatic heterocycles. The van der Waals surface area contributed by atoms with Crippen LogP contribution in [0.2, 0.25) is 0 Å². The summed E-state index contributed by atoms with van der Waals surface area (Å²) < 4.78 is 42.8. The first-order valence-electron chi connectivity index (χ1n) is 15.8. The number of ether oxygens (including phenoxy) is 1. The van der Waals surface area contributed by atoms with Crippen molar-refractivity contribution in [2.24, 2.45) is 4.99 Å². The Morgan fingerprint density at radius 3 is 2.55 bits per heavy atom. The number of aliphatic imine (C=N–C) groups is 1. The number of nitrogens with zero attached hydrogens (tertiary/aromatic N) is 5. The summed E-state index contributed by atoms with van der Waals surface area (Å²) in [6.45, 7) is 7.31. The molecule has 0 radical (unpaired) electrons. The second-order valence-electron chi connectivity index (χ2n) is 12.3. The topological polar surface area (TPSA) is 84.6 Å². The minimum absolute atomic E-state index is 0.0500. The molecule has 1 aliphatic heterocycles. The largest absolute Gasteiger partial charge is 0.573 e. The number of amidine groups is 1. The zero-order chi connectivity index (χ0) is 33.1. The number of urea groups is 1. The molecule has 1 saturated heterocycles. The summed E-state index contributed by atoms with van der Waals surface area (Å²) in [4.78, 5) is 24.3. The maximum Gasteiger partial charge on any atom is 0.573 e. The Hall–Kier alpha value is -4.32. The molecule has 1 N–H and O–H groups in total. The lowest BCUT2D eigenvalue weighted by atomic mass is 9.96. The van der Waals surface area contributed by atoms with Crippen molar-refractivity contribution >= 4 is 28.6 Å². The fourth-order valence-electron chi connectivity index (χ4n) is 6.19. The van der Waals surface area contributed by atoms with E-state index in [1.807, 2.05) is 12.1 Å². The third-order valence-electron chi connectivity index (χ3n) is 8.51. The number of halogens is 3. The van der Waals surface area contributed by atoms with Gasteiger partial charge in [-0.2, -0.15) is 4.99 Å². The van der Waals surface area contributed by atoms with E-state index < -0.39 is 6.36 Å². The van der Waals surface area contributed by atoms with Crippen LogP contribution in [-0.2, 0) is 0 Å². The number of carbonyl (C=O) groups is 1. The van der Waals surface area contributed by atoms with Crippen LogP contribution in [0, 0.1) is 6.92 Å². The number of rotatable bonds is 7. The Bertz CT molecular complexity index is 1740. The third-order valence-corrected chi connectivity index (χ3v) is 9.57. The summed E-state index contributed by atoms with van der Waals surface area (Å²) in [5, 5.41) is 8.42. The fourth-order valence-corrected chi connectivity index (χ4v) is 7.13. The first-order chi connectivity index (χ1) is 22.5. The normalized spacial score (nSPS) is 19.4. The second-order valence-corrected chi connectivity index (χ2v) is 13.4. The van der Waals surface area contributed by atoms with Gasteiger partial charge in [0, 0.05) is 29.6 Å². The molecule has 246 valence electrons. The summed E-state index contributed by atoms with van der Waals surface area (Å²) in [5.41, 5.74) is 6.15. The lowest BCUT2D eigenvalue weighted by Gasteiger charge is -2.32. The van der Waals surface area contributed by atoms with Crippen LogP contribution in [0.3, 0.4) is 0 Å². The van der Waals surface area contributed by atoms with E-state index in [4.69, 9.17) is 0 Å². The van der Waals surface area contributed by atoms with Gasteiger partial charge in [0.1, 0.15) is 12.1 Å². The molecule has 2 amide bonds. The molecule has 8 nitrogen and oxygen atoms in total. The van der Waals surface area contributed by atoms with Gasteiger partial charge in [0.2, 0.25) is 0 Å². The number of benzene rings is 3. The molecule has 12 heteroatoms. The van der Waals surface area contributed by atoms with Crippen LogP contribution >= 0.6 is 11.8 Å². The Morgan fingerprint density at radius 1 is 1.06 bits per heavy atom. The molecule has 2 atom stereocenters. The van der Waals surface area contributed by atoms with Crippen LogP contribution in [0.25, 0.3) is 17.1 Å². The number of alkyl halides is 3. The predicted molar refractivity (Wildman–Crippen MR) is 180 cm³/mol. The van der Waals surface area contributed by atoms with Crippen molar-refractivity contribution in [2.45, 2.75) is 70.7 Å². The first-order valence-corrected chi connectivity index (χ1v) is 16.8. The van der Waals surface area contributed by atoms with Gasteiger partial charge in [-0.25, -0.2) is 14.5 Å². The standard InChI is InChI=1S/C35H37F3N6O2S/c1-22(2)30-16-5-23(3)19-31(30)43-17-4-18-47-34(43)41-33(45)40-27-11-10-26(20-27)24-6-8-25(9-7-24)32-39-21-44(42-32)28-12-14-29(15-13-28)46-35(36,37)38/h5-9,12-16,19,21-22,26-27H,4,10-11,17-18,20H2,1-3H3,(H,40,45)/b41-34-. The number of nitrogens with one attached hydrogen (secondary N) is 1. The van der Waals surface area contributed by atoms with Gasteiger partial charge in [-0.15, -0.1) is 18.3 Å². The molecule has 6 rings (SSSR count). The molecule has 2 aliphatic rings. The highest BCUT2D eigenvalue weighted by Crippen LogP contribution is 2.36. The Kier molecular flexibility index (Phi) is 9.58. The van der Waals surface area contributed by atoms with Crippen molar-refractivity contribution in [3.63, 3.8) is 0 Å². The average Bonchev–Trinajstić information content (AvgIpc) is 3.71. The van der Waals surface area contributed by atoms with E-state index in [9.17, 15) is 18.0 Å². The summed E-state index contributed by atoms with van der Waals surface area (Å²) in [6.07, 6.45) is 0.495. The molecule has 1 aliphatic carbocycles. The highest BCUT2D eigenvalue weighted by molar-refractivity contribution is 8.14. The molecule has 2 fully saturated rings. The quantitative estimate of drug-likeness (QED) is 0.213. The lowest BCUT2D eigenvalue weighted by molar-refractivity contribution is -0.274. The number of thioether (sulfide) groups is 1. The number of amides is 2. The van der Waals surface area contributed by atoms with Gasteiger partial charge in [-0.1, -0.05) is 62.0 Å². The number of aryl methyl sites for hydroxylation is 1. The summed E-state index contributed by atoms with van der Waals surface area (Å²) >= 11 is 1.64. The zero-order valence-corrected chi connectivity index (χ0v) is 27.3. The molecular weight excluding hydrogens is 625 g/mol. The molecule has 2 unspecified atom stereocenters. The molecule has 3 aromatic carbocycles. The van der Waals surface area contributed by atoms with E-state index in [-0.39, 0.29) is 17.8 Å². The maximum absolute atomic E-state index is 13.1. The molecule has 0 spiro atoms. The molecular formula is C35H37F3N6O2S. The second kappa shape index (κ2) is 13.8. The minimum atomic E-state index is -4.74. The van der Waals surface area contributed by atoms with Crippen molar-refractivity contribution < 1.29 is 22.7 Å². The summed E-state index contributed by atoms with van der Waals surface area (Å²) in [5.74, 6) is 1.82.